The fourth-order valence-corrected chi connectivity index (χ4v) is 3.33. The van der Waals surface area contributed by atoms with Gasteiger partial charge < -0.3 is 20.3 Å². The van der Waals surface area contributed by atoms with Crippen molar-refractivity contribution < 1.29 is 9.53 Å². The van der Waals surface area contributed by atoms with E-state index >= 15 is 0 Å². The Balaban J connectivity index is 1.63. The monoisotopic (exact) mass is 374 g/mol. The van der Waals surface area contributed by atoms with E-state index in [-0.39, 0.29) is 5.91 Å². The highest BCUT2D eigenvalue weighted by Gasteiger charge is 2.29. The van der Waals surface area contributed by atoms with Crippen LogP contribution < -0.4 is 10.6 Å². The van der Waals surface area contributed by atoms with Crippen LogP contribution in [0.2, 0.25) is 0 Å². The van der Waals surface area contributed by atoms with Crippen LogP contribution in [0.1, 0.15) is 31.2 Å². The predicted octanol–water partition coefficient (Wildman–Crippen LogP) is 2.06. The van der Waals surface area contributed by atoms with Gasteiger partial charge in [0.2, 0.25) is 5.91 Å². The molecule has 1 atom stereocenters. The highest BCUT2D eigenvalue weighted by molar-refractivity contribution is 5.80. The predicted molar refractivity (Wildman–Crippen MR) is 110 cm³/mol. The van der Waals surface area contributed by atoms with Crippen molar-refractivity contribution in [2.75, 3.05) is 46.9 Å². The van der Waals surface area contributed by atoms with E-state index in [1.807, 2.05) is 23.1 Å². The number of amides is 1. The first-order valence-corrected chi connectivity index (χ1v) is 9.98. The highest BCUT2D eigenvalue weighted by Crippen LogP contribution is 2.17. The normalized spacial score (nSPS) is 17.4. The molecule has 1 aromatic carbocycles. The van der Waals surface area contributed by atoms with Crippen LogP contribution in [0.5, 0.6) is 0 Å². The molecule has 0 saturated carbocycles. The number of hydrogen-bond donors (Lipinski definition) is 2. The van der Waals surface area contributed by atoms with E-state index in [1.54, 1.807) is 14.2 Å². The fraction of sp³-hybridized carbons (Fsp3) is 0.619. The van der Waals surface area contributed by atoms with Crippen LogP contribution in [-0.2, 0) is 16.0 Å². The average molecular weight is 375 g/mol. The van der Waals surface area contributed by atoms with Gasteiger partial charge in [0.05, 0.1) is 0 Å². The molecule has 1 aliphatic rings. The van der Waals surface area contributed by atoms with Gasteiger partial charge in [0.15, 0.2) is 5.96 Å². The van der Waals surface area contributed by atoms with Crippen molar-refractivity contribution in [1.29, 1.82) is 0 Å². The number of rotatable bonds is 11. The second-order valence-corrected chi connectivity index (χ2v) is 7.08. The van der Waals surface area contributed by atoms with Crippen molar-refractivity contribution in [3.63, 3.8) is 0 Å². The molecule has 1 saturated heterocycles. The zero-order valence-electron chi connectivity index (χ0n) is 16.7. The van der Waals surface area contributed by atoms with Gasteiger partial charge in [-0.3, -0.25) is 9.79 Å². The number of guanidine groups is 1. The lowest BCUT2D eigenvalue weighted by Crippen LogP contribution is -2.40. The Morgan fingerprint density at radius 3 is 2.78 bits per heavy atom. The molecule has 2 rings (SSSR count). The molecule has 1 aliphatic heterocycles. The maximum atomic E-state index is 12.3. The SMILES string of the molecule is CN=C(NCCCCCOC)NCC1CC(=O)N(CCc2ccccc2)C1. The van der Waals surface area contributed by atoms with Gasteiger partial charge in [-0.25, -0.2) is 0 Å². The van der Waals surface area contributed by atoms with Crippen molar-refractivity contribution in [3.05, 3.63) is 35.9 Å². The second-order valence-electron chi connectivity index (χ2n) is 7.08. The van der Waals surface area contributed by atoms with E-state index in [4.69, 9.17) is 4.74 Å². The summed E-state index contributed by atoms with van der Waals surface area (Å²) in [6.45, 7) is 4.12. The third kappa shape index (κ3) is 7.99. The lowest BCUT2D eigenvalue weighted by Gasteiger charge is -2.18. The molecule has 0 spiro atoms. The Morgan fingerprint density at radius 1 is 1.22 bits per heavy atom. The fourth-order valence-electron chi connectivity index (χ4n) is 3.33. The molecule has 27 heavy (non-hydrogen) atoms. The number of benzene rings is 1. The highest BCUT2D eigenvalue weighted by atomic mass is 16.5. The van der Waals surface area contributed by atoms with Crippen LogP contribution in [0.15, 0.2) is 35.3 Å². The lowest BCUT2D eigenvalue weighted by molar-refractivity contribution is -0.127. The molecule has 150 valence electrons. The summed E-state index contributed by atoms with van der Waals surface area (Å²) in [6.07, 6.45) is 4.87. The van der Waals surface area contributed by atoms with Gasteiger partial charge in [-0.15, -0.1) is 0 Å². The van der Waals surface area contributed by atoms with Crippen molar-refractivity contribution >= 4 is 11.9 Å². The number of nitrogens with zero attached hydrogens (tertiary/aromatic N) is 2. The van der Waals surface area contributed by atoms with E-state index in [0.29, 0.717) is 12.3 Å². The van der Waals surface area contributed by atoms with Crippen LogP contribution in [0, 0.1) is 5.92 Å². The number of carbonyl (C=O) groups excluding carboxylic acids is 1. The summed E-state index contributed by atoms with van der Waals surface area (Å²) in [7, 11) is 3.52. The molecule has 1 aromatic rings. The van der Waals surface area contributed by atoms with Gasteiger partial charge >= 0.3 is 0 Å². The minimum Gasteiger partial charge on any atom is -0.385 e. The molecule has 1 unspecified atom stereocenters. The van der Waals surface area contributed by atoms with Crippen molar-refractivity contribution in [1.82, 2.24) is 15.5 Å². The molecule has 1 heterocycles. The maximum Gasteiger partial charge on any atom is 0.223 e. The second kappa shape index (κ2) is 12.3. The van der Waals surface area contributed by atoms with Crippen LogP contribution in [0.4, 0.5) is 0 Å². The van der Waals surface area contributed by atoms with Crippen molar-refractivity contribution in [2.45, 2.75) is 32.1 Å². The van der Waals surface area contributed by atoms with E-state index in [1.165, 1.54) is 5.56 Å². The zero-order chi connectivity index (χ0) is 19.3. The number of hydrogen-bond acceptors (Lipinski definition) is 3. The Labute approximate surface area is 163 Å². The first-order chi connectivity index (χ1) is 13.2. The molecule has 1 fully saturated rings. The largest absolute Gasteiger partial charge is 0.385 e. The molecule has 0 aliphatic carbocycles. The average Bonchev–Trinajstić information content (AvgIpc) is 3.05. The molecule has 2 N–H and O–H groups in total. The molecule has 1 amide bonds. The molecular formula is C21H34N4O2. The molecule has 0 aromatic heterocycles. The van der Waals surface area contributed by atoms with Gasteiger partial charge in [-0.1, -0.05) is 30.3 Å². The number of nitrogens with one attached hydrogen (secondary N) is 2. The van der Waals surface area contributed by atoms with Crippen LogP contribution in [0.25, 0.3) is 0 Å². The number of ether oxygens (including phenoxy) is 1. The number of aliphatic imine (C=N–C) groups is 1. The van der Waals surface area contributed by atoms with E-state index in [2.05, 4.69) is 27.8 Å². The summed E-state index contributed by atoms with van der Waals surface area (Å²) in [5.74, 6) is 1.42. The summed E-state index contributed by atoms with van der Waals surface area (Å²) in [5, 5.41) is 6.70. The van der Waals surface area contributed by atoms with Crippen LogP contribution >= 0.6 is 0 Å². The van der Waals surface area contributed by atoms with Crippen LogP contribution in [0.3, 0.4) is 0 Å². The first-order valence-electron chi connectivity index (χ1n) is 9.98. The number of unbranched alkanes of at least 4 members (excludes halogenated alkanes) is 2. The minimum atomic E-state index is 0.263. The summed E-state index contributed by atoms with van der Waals surface area (Å²) in [5.41, 5.74) is 1.28. The van der Waals surface area contributed by atoms with Gasteiger partial charge in [0.1, 0.15) is 0 Å². The number of methoxy groups -OCH3 is 1. The topological polar surface area (TPSA) is 66.0 Å². The Morgan fingerprint density at radius 2 is 2.04 bits per heavy atom. The lowest BCUT2D eigenvalue weighted by atomic mass is 10.1. The summed E-state index contributed by atoms with van der Waals surface area (Å²) >= 11 is 0. The molecule has 0 radical (unpaired) electrons. The third-order valence-corrected chi connectivity index (χ3v) is 4.91. The van der Waals surface area contributed by atoms with Gasteiger partial charge in [0.25, 0.3) is 0 Å². The molecule has 6 heteroatoms. The third-order valence-electron chi connectivity index (χ3n) is 4.91. The molecule has 6 nitrogen and oxygen atoms in total. The van der Waals surface area contributed by atoms with Crippen molar-refractivity contribution in [2.24, 2.45) is 10.9 Å². The standard InChI is InChI=1S/C21H34N4O2/c1-22-21(23-12-7-4-8-14-27-2)24-16-19-15-20(26)25(17-19)13-11-18-9-5-3-6-10-18/h3,5-6,9-10,19H,4,7-8,11-17H2,1-2H3,(H2,22,23,24). The van der Waals surface area contributed by atoms with Gasteiger partial charge in [-0.2, -0.15) is 0 Å². The van der Waals surface area contributed by atoms with Crippen LogP contribution in [-0.4, -0.2) is 63.7 Å². The quantitative estimate of drug-likeness (QED) is 0.353. The molecular weight excluding hydrogens is 340 g/mol. The molecule has 0 bridgehead atoms. The minimum absolute atomic E-state index is 0.263. The smallest absolute Gasteiger partial charge is 0.223 e. The van der Waals surface area contributed by atoms with E-state index in [9.17, 15) is 4.79 Å². The Hall–Kier alpha value is -2.08. The summed E-state index contributed by atoms with van der Waals surface area (Å²) in [4.78, 5) is 18.5. The number of likely N-dealkylation sites (tertiary alicyclic amines) is 1. The number of carbonyl (C=O) groups is 1. The van der Waals surface area contributed by atoms with E-state index in [0.717, 1.165) is 64.4 Å². The Bertz CT molecular complexity index is 577. The van der Waals surface area contributed by atoms with Gasteiger partial charge in [0, 0.05) is 59.3 Å². The maximum absolute atomic E-state index is 12.3. The Kier molecular flexibility index (Phi) is 9.69. The van der Waals surface area contributed by atoms with E-state index < -0.39 is 0 Å². The zero-order valence-corrected chi connectivity index (χ0v) is 16.7. The summed E-state index contributed by atoms with van der Waals surface area (Å²) in [6, 6.07) is 10.3. The summed E-state index contributed by atoms with van der Waals surface area (Å²) < 4.78 is 5.06. The van der Waals surface area contributed by atoms with Gasteiger partial charge in [-0.05, 0) is 31.2 Å². The first kappa shape index (κ1) is 21.2. The van der Waals surface area contributed by atoms with Crippen molar-refractivity contribution in [3.8, 4) is 0 Å².